The van der Waals surface area contributed by atoms with Gasteiger partial charge in [0.05, 0.1) is 12.9 Å². The molecule has 0 aromatic carbocycles. The van der Waals surface area contributed by atoms with Crippen molar-refractivity contribution in [1.29, 1.82) is 0 Å². The molecule has 0 fully saturated rings. The van der Waals surface area contributed by atoms with Crippen molar-refractivity contribution in [2.24, 2.45) is 4.99 Å². The highest BCUT2D eigenvalue weighted by molar-refractivity contribution is 5.53. The molecule has 2 N–H and O–H groups in total. The second-order valence-electron chi connectivity index (χ2n) is 1.11. The third kappa shape index (κ3) is 3.61. The van der Waals surface area contributed by atoms with Crippen molar-refractivity contribution in [1.82, 2.24) is 10.9 Å². The van der Waals surface area contributed by atoms with Gasteiger partial charge in [-0.05, 0) is 0 Å². The summed E-state index contributed by atoms with van der Waals surface area (Å²) in [5.41, 5.74) is 5.63. The maximum atomic E-state index is 3.88. The first kappa shape index (κ1) is 7.43. The molecule has 8 heavy (non-hydrogen) atoms. The molecule has 1 aliphatic heterocycles. The second kappa shape index (κ2) is 6.43. The van der Waals surface area contributed by atoms with Gasteiger partial charge in [-0.25, -0.2) is 5.43 Å². The van der Waals surface area contributed by atoms with E-state index in [4.69, 9.17) is 0 Å². The quantitative estimate of drug-likeness (QED) is 0.471. The zero-order valence-corrected chi connectivity index (χ0v) is 5.44. The van der Waals surface area contributed by atoms with Crippen molar-refractivity contribution < 1.29 is 0 Å². The van der Waals surface area contributed by atoms with Crippen LogP contribution in [0.5, 0.6) is 0 Å². The summed E-state index contributed by atoms with van der Waals surface area (Å²) in [5.74, 6) is 0. The second-order valence-corrected chi connectivity index (χ2v) is 1.11. The molecule has 1 aliphatic rings. The maximum Gasteiger partial charge on any atom is 0.0966 e. The van der Waals surface area contributed by atoms with Crippen LogP contribution in [0.15, 0.2) is 4.99 Å². The molecule has 0 unspecified atom stereocenters. The summed E-state index contributed by atoms with van der Waals surface area (Å²) in [5, 5.41) is 0. The molecular weight excluding hydrogens is 102 g/mol. The molecule has 1 heterocycles. The average molecular weight is 115 g/mol. The molecular formula is C5H13N3. The molecule has 0 spiro atoms. The zero-order valence-electron chi connectivity index (χ0n) is 5.44. The van der Waals surface area contributed by atoms with Crippen LogP contribution in [0.1, 0.15) is 13.8 Å². The summed E-state index contributed by atoms with van der Waals surface area (Å²) in [4.78, 5) is 3.88. The van der Waals surface area contributed by atoms with Crippen LogP contribution in [-0.4, -0.2) is 19.4 Å². The molecule has 0 aromatic rings. The minimum atomic E-state index is 0.896. The standard InChI is InChI=1S/C3H7N3.C2H6/c1-2-5-6-3-4-1;1-2/h3,5H,1-2H2,(H,4,6);1-2H3. The number of aliphatic imine (C=N–C) groups is 1. The number of nitrogens with zero attached hydrogens (tertiary/aromatic N) is 1. The van der Waals surface area contributed by atoms with E-state index in [-0.39, 0.29) is 0 Å². The van der Waals surface area contributed by atoms with E-state index in [1.165, 1.54) is 0 Å². The van der Waals surface area contributed by atoms with E-state index in [1.54, 1.807) is 6.34 Å². The van der Waals surface area contributed by atoms with Gasteiger partial charge < -0.3 is 5.43 Å². The Balaban J connectivity index is 0.000000222. The van der Waals surface area contributed by atoms with Gasteiger partial charge in [0.2, 0.25) is 0 Å². The Bertz CT molecular complexity index is 52.7. The van der Waals surface area contributed by atoms with Crippen LogP contribution >= 0.6 is 0 Å². The van der Waals surface area contributed by atoms with E-state index < -0.39 is 0 Å². The highest BCUT2D eigenvalue weighted by Crippen LogP contribution is 1.65. The summed E-state index contributed by atoms with van der Waals surface area (Å²) < 4.78 is 0. The molecule has 48 valence electrons. The lowest BCUT2D eigenvalue weighted by Gasteiger charge is -2.04. The molecule has 3 heteroatoms. The molecule has 3 nitrogen and oxygen atoms in total. The monoisotopic (exact) mass is 115 g/mol. The number of rotatable bonds is 0. The Labute approximate surface area is 50.2 Å². The Hall–Kier alpha value is -0.570. The summed E-state index contributed by atoms with van der Waals surface area (Å²) in [6, 6.07) is 0. The van der Waals surface area contributed by atoms with Crippen LogP contribution in [0.4, 0.5) is 0 Å². The highest BCUT2D eigenvalue weighted by Gasteiger charge is 1.83. The van der Waals surface area contributed by atoms with Crippen LogP contribution in [0.3, 0.4) is 0 Å². The molecule has 1 rings (SSSR count). The lowest BCUT2D eigenvalue weighted by molar-refractivity contribution is 0.638. The van der Waals surface area contributed by atoms with Crippen LogP contribution in [0.2, 0.25) is 0 Å². The normalized spacial score (nSPS) is 15.8. The number of hydrogen-bond donors (Lipinski definition) is 2. The first-order chi connectivity index (χ1) is 4.00. The van der Waals surface area contributed by atoms with Crippen LogP contribution in [0, 0.1) is 0 Å². The fraction of sp³-hybridized carbons (Fsp3) is 0.800. The first-order valence-corrected chi connectivity index (χ1v) is 2.97. The lowest BCUT2D eigenvalue weighted by atomic mass is 10.6. The smallest absolute Gasteiger partial charge is 0.0966 e. The largest absolute Gasteiger partial charge is 0.312 e. The summed E-state index contributed by atoms with van der Waals surface area (Å²) >= 11 is 0. The van der Waals surface area contributed by atoms with Crippen molar-refractivity contribution in [3.05, 3.63) is 0 Å². The average Bonchev–Trinajstić information content (AvgIpc) is 1.96. The third-order valence-corrected chi connectivity index (χ3v) is 0.624. The van der Waals surface area contributed by atoms with Gasteiger partial charge in [-0.15, -0.1) is 0 Å². The van der Waals surface area contributed by atoms with Gasteiger partial charge in [0.15, 0.2) is 0 Å². The molecule has 0 aromatic heterocycles. The topological polar surface area (TPSA) is 36.4 Å². The molecule has 0 bridgehead atoms. The van der Waals surface area contributed by atoms with E-state index >= 15 is 0 Å². The molecule has 0 atom stereocenters. The maximum absolute atomic E-state index is 3.88. The number of nitrogens with one attached hydrogen (secondary N) is 2. The number of hydrogen-bond acceptors (Lipinski definition) is 3. The van der Waals surface area contributed by atoms with Gasteiger partial charge in [0.1, 0.15) is 0 Å². The van der Waals surface area contributed by atoms with Crippen molar-refractivity contribution in [2.45, 2.75) is 13.8 Å². The molecule has 0 amide bonds. The minimum Gasteiger partial charge on any atom is -0.312 e. The molecule has 0 radical (unpaired) electrons. The third-order valence-electron chi connectivity index (χ3n) is 0.624. The summed E-state index contributed by atoms with van der Waals surface area (Å²) in [6.07, 6.45) is 1.66. The van der Waals surface area contributed by atoms with Crippen molar-refractivity contribution in [3.8, 4) is 0 Å². The fourth-order valence-electron chi connectivity index (χ4n) is 0.348. The summed E-state index contributed by atoms with van der Waals surface area (Å²) in [7, 11) is 0. The SMILES string of the molecule is C1=NCCNN1.CC. The van der Waals surface area contributed by atoms with Crippen molar-refractivity contribution in [2.75, 3.05) is 13.1 Å². The van der Waals surface area contributed by atoms with Crippen molar-refractivity contribution >= 4 is 6.34 Å². The van der Waals surface area contributed by atoms with Crippen LogP contribution < -0.4 is 10.9 Å². The predicted molar refractivity (Wildman–Crippen MR) is 35.8 cm³/mol. The Morgan fingerprint density at radius 1 is 1.50 bits per heavy atom. The van der Waals surface area contributed by atoms with E-state index in [2.05, 4.69) is 15.8 Å². The Morgan fingerprint density at radius 2 is 2.25 bits per heavy atom. The zero-order chi connectivity index (χ0) is 6.24. The molecule has 0 saturated carbocycles. The lowest BCUT2D eigenvalue weighted by Crippen LogP contribution is -2.36. The van der Waals surface area contributed by atoms with Crippen LogP contribution in [0.25, 0.3) is 0 Å². The number of hydrazine groups is 1. The first-order valence-electron chi connectivity index (χ1n) is 2.97. The predicted octanol–water partition coefficient (Wildman–Crippen LogP) is 0.149. The minimum absolute atomic E-state index is 0.896. The Morgan fingerprint density at radius 3 is 2.38 bits per heavy atom. The van der Waals surface area contributed by atoms with Gasteiger partial charge >= 0.3 is 0 Å². The van der Waals surface area contributed by atoms with E-state index in [1.807, 2.05) is 13.8 Å². The highest BCUT2D eigenvalue weighted by atomic mass is 15.4. The van der Waals surface area contributed by atoms with E-state index in [0.29, 0.717) is 0 Å². The van der Waals surface area contributed by atoms with E-state index in [9.17, 15) is 0 Å². The van der Waals surface area contributed by atoms with Gasteiger partial charge in [0, 0.05) is 6.54 Å². The van der Waals surface area contributed by atoms with E-state index in [0.717, 1.165) is 13.1 Å². The van der Waals surface area contributed by atoms with Gasteiger partial charge in [-0.2, -0.15) is 0 Å². The van der Waals surface area contributed by atoms with Crippen LogP contribution in [-0.2, 0) is 0 Å². The Kier molecular flexibility index (Phi) is 5.97. The molecule has 0 aliphatic carbocycles. The van der Waals surface area contributed by atoms with Gasteiger partial charge in [0.25, 0.3) is 0 Å². The fourth-order valence-corrected chi connectivity index (χ4v) is 0.348. The summed E-state index contributed by atoms with van der Waals surface area (Å²) in [6.45, 7) is 5.84. The molecule has 0 saturated heterocycles. The van der Waals surface area contributed by atoms with Gasteiger partial charge in [-0.3, -0.25) is 4.99 Å². The van der Waals surface area contributed by atoms with Gasteiger partial charge in [-0.1, -0.05) is 13.8 Å². The van der Waals surface area contributed by atoms with Crippen molar-refractivity contribution in [3.63, 3.8) is 0 Å².